The molecule has 0 fully saturated rings. The fraction of sp³-hybridized carbons (Fsp3) is 0.214. The normalized spacial score (nSPS) is 11.3. The van der Waals surface area contributed by atoms with Crippen LogP contribution in [-0.4, -0.2) is 26.7 Å². The van der Waals surface area contributed by atoms with Crippen LogP contribution in [0.3, 0.4) is 0 Å². The van der Waals surface area contributed by atoms with E-state index < -0.39 is 10.0 Å². The molecule has 0 saturated heterocycles. The van der Waals surface area contributed by atoms with Gasteiger partial charge in [0.2, 0.25) is 10.0 Å². The molecule has 112 valence electrons. The van der Waals surface area contributed by atoms with E-state index in [4.69, 9.17) is 0 Å². The van der Waals surface area contributed by atoms with Crippen molar-refractivity contribution in [2.75, 3.05) is 18.6 Å². The van der Waals surface area contributed by atoms with E-state index in [1.165, 1.54) is 24.2 Å². The Bertz CT molecular complexity index is 683. The summed E-state index contributed by atoms with van der Waals surface area (Å²) >= 11 is 1.70. The molecule has 7 heteroatoms. The van der Waals surface area contributed by atoms with Crippen molar-refractivity contribution in [2.45, 2.75) is 16.3 Å². The van der Waals surface area contributed by atoms with Crippen LogP contribution in [-0.2, 0) is 16.6 Å². The summed E-state index contributed by atoms with van der Waals surface area (Å²) in [6.07, 6.45) is 3.38. The summed E-state index contributed by atoms with van der Waals surface area (Å²) in [5, 5.41) is 3.16. The zero-order valence-electron chi connectivity index (χ0n) is 11.8. The van der Waals surface area contributed by atoms with Crippen molar-refractivity contribution in [1.82, 2.24) is 9.71 Å². The molecule has 1 aromatic heterocycles. The number of thioether (sulfide) groups is 1. The number of anilines is 1. The number of sulfonamides is 1. The number of rotatable bonds is 6. The predicted octanol–water partition coefficient (Wildman–Crippen LogP) is 2.32. The van der Waals surface area contributed by atoms with Gasteiger partial charge in [-0.15, -0.1) is 11.8 Å². The largest absolute Gasteiger partial charge is 0.366 e. The van der Waals surface area contributed by atoms with Gasteiger partial charge in [-0.3, -0.25) is 0 Å². The lowest BCUT2D eigenvalue weighted by Gasteiger charge is -2.07. The number of hydrogen-bond donors (Lipinski definition) is 2. The number of pyridine rings is 1. The van der Waals surface area contributed by atoms with Gasteiger partial charge in [0, 0.05) is 17.6 Å². The lowest BCUT2D eigenvalue weighted by Crippen LogP contribution is -2.18. The standard InChI is InChI=1S/C14H17N3O2S2/c1-15-21(18,19)13-7-8-14(17-10-13)16-9-11-3-5-12(20-2)6-4-11/h3-8,10,15H,9H2,1-2H3,(H,16,17). The topological polar surface area (TPSA) is 71.1 Å². The molecule has 1 heterocycles. The second-order valence-corrected chi connectivity index (χ2v) is 7.05. The van der Waals surface area contributed by atoms with Crippen LogP contribution < -0.4 is 10.0 Å². The first-order valence-electron chi connectivity index (χ1n) is 6.31. The van der Waals surface area contributed by atoms with Crippen LogP contribution in [0.4, 0.5) is 5.82 Å². The van der Waals surface area contributed by atoms with Crippen LogP contribution in [0.1, 0.15) is 5.56 Å². The van der Waals surface area contributed by atoms with Gasteiger partial charge in [0.15, 0.2) is 0 Å². The average Bonchev–Trinajstić information content (AvgIpc) is 2.54. The summed E-state index contributed by atoms with van der Waals surface area (Å²) in [5.74, 6) is 0.638. The Morgan fingerprint density at radius 1 is 1.14 bits per heavy atom. The van der Waals surface area contributed by atoms with Crippen LogP contribution in [0.25, 0.3) is 0 Å². The van der Waals surface area contributed by atoms with Gasteiger partial charge in [0.05, 0.1) is 0 Å². The molecule has 0 aliphatic rings. The Morgan fingerprint density at radius 2 is 1.86 bits per heavy atom. The van der Waals surface area contributed by atoms with Gasteiger partial charge in [0.25, 0.3) is 0 Å². The van der Waals surface area contributed by atoms with Crippen molar-refractivity contribution in [3.8, 4) is 0 Å². The van der Waals surface area contributed by atoms with Crippen LogP contribution >= 0.6 is 11.8 Å². The summed E-state index contributed by atoms with van der Waals surface area (Å²) in [6, 6.07) is 11.4. The van der Waals surface area contributed by atoms with Gasteiger partial charge in [-0.1, -0.05) is 12.1 Å². The Kier molecular flexibility index (Phi) is 5.22. The first-order valence-corrected chi connectivity index (χ1v) is 9.02. The monoisotopic (exact) mass is 323 g/mol. The average molecular weight is 323 g/mol. The molecule has 0 amide bonds. The van der Waals surface area contributed by atoms with Crippen LogP contribution in [0, 0.1) is 0 Å². The Morgan fingerprint density at radius 3 is 2.38 bits per heavy atom. The molecular weight excluding hydrogens is 306 g/mol. The van der Waals surface area contributed by atoms with E-state index in [2.05, 4.69) is 39.3 Å². The Hall–Kier alpha value is -1.57. The molecule has 0 bridgehead atoms. The number of nitrogens with one attached hydrogen (secondary N) is 2. The van der Waals surface area contributed by atoms with Gasteiger partial charge in [0.1, 0.15) is 10.7 Å². The zero-order valence-corrected chi connectivity index (χ0v) is 13.5. The molecule has 2 aromatic rings. The Balaban J connectivity index is 2.00. The van der Waals surface area contributed by atoms with Gasteiger partial charge >= 0.3 is 0 Å². The fourth-order valence-electron chi connectivity index (χ4n) is 1.70. The molecule has 0 radical (unpaired) electrons. The zero-order chi connectivity index (χ0) is 15.3. The maximum Gasteiger partial charge on any atom is 0.241 e. The van der Waals surface area contributed by atoms with E-state index in [1.807, 2.05) is 6.26 Å². The van der Waals surface area contributed by atoms with Crippen molar-refractivity contribution >= 4 is 27.6 Å². The van der Waals surface area contributed by atoms with E-state index in [9.17, 15) is 8.42 Å². The van der Waals surface area contributed by atoms with Gasteiger partial charge in [-0.2, -0.15) is 0 Å². The van der Waals surface area contributed by atoms with Gasteiger partial charge in [-0.05, 0) is 43.1 Å². The van der Waals surface area contributed by atoms with Crippen LogP contribution in [0.15, 0.2) is 52.4 Å². The van der Waals surface area contributed by atoms with Gasteiger partial charge < -0.3 is 5.32 Å². The van der Waals surface area contributed by atoms with E-state index in [1.54, 1.807) is 17.8 Å². The molecule has 0 unspecified atom stereocenters. The number of hydrogen-bond acceptors (Lipinski definition) is 5. The van der Waals surface area contributed by atoms with Crippen molar-refractivity contribution < 1.29 is 8.42 Å². The van der Waals surface area contributed by atoms with Crippen molar-refractivity contribution in [3.05, 3.63) is 48.2 Å². The van der Waals surface area contributed by atoms with Crippen LogP contribution in [0.2, 0.25) is 0 Å². The third-order valence-electron chi connectivity index (χ3n) is 2.95. The van der Waals surface area contributed by atoms with E-state index in [-0.39, 0.29) is 4.90 Å². The molecule has 21 heavy (non-hydrogen) atoms. The molecule has 2 N–H and O–H groups in total. The number of benzene rings is 1. The minimum Gasteiger partial charge on any atom is -0.366 e. The highest BCUT2D eigenvalue weighted by atomic mass is 32.2. The summed E-state index contributed by atoms with van der Waals surface area (Å²) < 4.78 is 25.4. The fourth-order valence-corrected chi connectivity index (χ4v) is 2.78. The molecule has 1 aromatic carbocycles. The smallest absolute Gasteiger partial charge is 0.241 e. The summed E-state index contributed by atoms with van der Waals surface area (Å²) in [6.45, 7) is 0.639. The van der Waals surface area contributed by atoms with Gasteiger partial charge in [-0.25, -0.2) is 18.1 Å². The molecule has 0 saturated carbocycles. The SMILES string of the molecule is CNS(=O)(=O)c1ccc(NCc2ccc(SC)cc2)nc1. The summed E-state index contributed by atoms with van der Waals surface area (Å²) in [4.78, 5) is 5.48. The summed E-state index contributed by atoms with van der Waals surface area (Å²) in [7, 11) is -2.06. The summed E-state index contributed by atoms with van der Waals surface area (Å²) in [5.41, 5.74) is 1.14. The lowest BCUT2D eigenvalue weighted by molar-refractivity contribution is 0.588. The molecule has 0 aliphatic heterocycles. The second kappa shape index (κ2) is 6.93. The third-order valence-corrected chi connectivity index (χ3v) is 5.09. The molecule has 2 rings (SSSR count). The second-order valence-electron chi connectivity index (χ2n) is 4.29. The minimum absolute atomic E-state index is 0.153. The predicted molar refractivity (Wildman–Crippen MR) is 86.0 cm³/mol. The van der Waals surface area contributed by atoms with E-state index >= 15 is 0 Å². The molecule has 0 spiro atoms. The highest BCUT2D eigenvalue weighted by Gasteiger charge is 2.11. The van der Waals surface area contributed by atoms with Crippen molar-refractivity contribution in [3.63, 3.8) is 0 Å². The maximum absolute atomic E-state index is 11.6. The van der Waals surface area contributed by atoms with E-state index in [0.29, 0.717) is 12.4 Å². The third kappa shape index (κ3) is 4.20. The van der Waals surface area contributed by atoms with Crippen molar-refractivity contribution in [1.29, 1.82) is 0 Å². The minimum atomic E-state index is -3.43. The van der Waals surface area contributed by atoms with Crippen molar-refractivity contribution in [2.24, 2.45) is 0 Å². The van der Waals surface area contributed by atoms with E-state index in [0.717, 1.165) is 5.56 Å². The lowest BCUT2D eigenvalue weighted by atomic mass is 10.2. The first kappa shape index (κ1) is 15.8. The molecule has 0 aliphatic carbocycles. The number of aromatic nitrogens is 1. The molecule has 5 nitrogen and oxygen atoms in total. The highest BCUT2D eigenvalue weighted by Crippen LogP contribution is 2.16. The maximum atomic E-state index is 11.6. The number of nitrogens with zero attached hydrogens (tertiary/aromatic N) is 1. The molecular formula is C14H17N3O2S2. The first-order chi connectivity index (χ1) is 10.0. The highest BCUT2D eigenvalue weighted by molar-refractivity contribution is 7.98. The Labute approximate surface area is 129 Å². The van der Waals surface area contributed by atoms with Crippen LogP contribution in [0.5, 0.6) is 0 Å². The quantitative estimate of drug-likeness (QED) is 0.798. The molecule has 0 atom stereocenters.